The Labute approximate surface area is 178 Å². The lowest BCUT2D eigenvalue weighted by atomic mass is 10.1. The minimum Gasteiger partial charge on any atom is -0.404 e. The van der Waals surface area contributed by atoms with Crippen molar-refractivity contribution in [3.05, 3.63) is 60.7 Å². The van der Waals surface area contributed by atoms with Crippen LogP contribution < -0.4 is 15.4 Å². The summed E-state index contributed by atoms with van der Waals surface area (Å²) in [5.41, 5.74) is 1.47. The van der Waals surface area contributed by atoms with Crippen LogP contribution in [-0.2, 0) is 0 Å². The van der Waals surface area contributed by atoms with Gasteiger partial charge in [0, 0.05) is 11.6 Å². The lowest BCUT2D eigenvalue weighted by Crippen LogP contribution is -2.30. The summed E-state index contributed by atoms with van der Waals surface area (Å²) in [6.45, 7) is 3.76. The molecule has 0 saturated heterocycles. The minimum atomic E-state index is -4.82. The number of nitrogens with one attached hydrogen (secondary N) is 2. The maximum absolute atomic E-state index is 12.8. The number of ether oxygens (including phenoxy) is 1. The van der Waals surface area contributed by atoms with Crippen LogP contribution in [0.25, 0.3) is 11.3 Å². The van der Waals surface area contributed by atoms with E-state index in [4.69, 9.17) is 0 Å². The van der Waals surface area contributed by atoms with E-state index in [1.165, 1.54) is 18.2 Å². The van der Waals surface area contributed by atoms with E-state index >= 15 is 0 Å². The largest absolute Gasteiger partial charge is 0.573 e. The molecule has 0 spiro atoms. The number of benzene rings is 2. The summed E-state index contributed by atoms with van der Waals surface area (Å²) < 4.78 is 42.4. The number of para-hydroxylation sites is 2. The fourth-order valence-electron chi connectivity index (χ4n) is 2.84. The highest BCUT2D eigenvalue weighted by atomic mass is 19.4. The minimum absolute atomic E-state index is 0.103. The van der Waals surface area contributed by atoms with Gasteiger partial charge in [0.15, 0.2) is 5.75 Å². The first-order chi connectivity index (χ1) is 14.7. The van der Waals surface area contributed by atoms with Gasteiger partial charge >= 0.3 is 6.36 Å². The average molecular weight is 432 g/mol. The molecule has 3 aromatic rings. The van der Waals surface area contributed by atoms with Crippen LogP contribution in [-0.4, -0.2) is 34.1 Å². The van der Waals surface area contributed by atoms with Gasteiger partial charge in [-0.3, -0.25) is 0 Å². The number of nitrogens with zero attached hydrogens (tertiary/aromatic N) is 2. The number of aliphatic hydroxyl groups excluding tert-OH is 1. The topological polar surface area (TPSA) is 79.3 Å². The van der Waals surface area contributed by atoms with Crippen molar-refractivity contribution in [2.45, 2.75) is 26.3 Å². The highest BCUT2D eigenvalue weighted by molar-refractivity contribution is 5.70. The van der Waals surface area contributed by atoms with Crippen molar-refractivity contribution in [3.63, 3.8) is 0 Å². The fraction of sp³-hybridized carbons (Fsp3) is 0.273. The van der Waals surface area contributed by atoms with Gasteiger partial charge in [0.25, 0.3) is 0 Å². The zero-order valence-corrected chi connectivity index (χ0v) is 17.0. The molecule has 1 atom stereocenters. The number of hydrogen-bond acceptors (Lipinski definition) is 6. The maximum atomic E-state index is 12.8. The van der Waals surface area contributed by atoms with Gasteiger partial charge in [-0.05, 0) is 18.1 Å². The smallest absolute Gasteiger partial charge is 0.404 e. The molecular formula is C22H23F3N4O2. The van der Waals surface area contributed by atoms with Crippen molar-refractivity contribution >= 4 is 17.5 Å². The number of anilines is 3. The van der Waals surface area contributed by atoms with Crippen LogP contribution in [0.5, 0.6) is 5.75 Å². The lowest BCUT2D eigenvalue weighted by Gasteiger charge is -2.21. The molecule has 0 bridgehead atoms. The average Bonchev–Trinajstić information content (AvgIpc) is 2.73. The summed E-state index contributed by atoms with van der Waals surface area (Å²) >= 11 is 0. The third-order valence-electron chi connectivity index (χ3n) is 4.49. The normalized spacial score (nSPS) is 12.5. The number of aliphatic hydroxyl groups is 1. The molecule has 164 valence electrons. The van der Waals surface area contributed by atoms with Crippen molar-refractivity contribution in [2.24, 2.45) is 5.92 Å². The van der Waals surface area contributed by atoms with Crippen LogP contribution in [0.15, 0.2) is 60.7 Å². The predicted octanol–water partition coefficient (Wildman–Crippen LogP) is 5.21. The second kappa shape index (κ2) is 9.65. The molecule has 3 rings (SSSR count). The van der Waals surface area contributed by atoms with Gasteiger partial charge in [0.05, 0.1) is 24.0 Å². The highest BCUT2D eigenvalue weighted by Gasteiger charge is 2.32. The first-order valence-corrected chi connectivity index (χ1v) is 9.69. The van der Waals surface area contributed by atoms with E-state index in [1.807, 2.05) is 44.2 Å². The lowest BCUT2D eigenvalue weighted by molar-refractivity contribution is -0.274. The zero-order chi connectivity index (χ0) is 22.4. The molecule has 0 unspecified atom stereocenters. The molecule has 0 fully saturated rings. The Balaban J connectivity index is 1.99. The van der Waals surface area contributed by atoms with E-state index in [0.717, 1.165) is 5.56 Å². The van der Waals surface area contributed by atoms with Gasteiger partial charge in [-0.1, -0.05) is 56.3 Å². The van der Waals surface area contributed by atoms with Gasteiger partial charge in [-0.15, -0.1) is 13.2 Å². The highest BCUT2D eigenvalue weighted by Crippen LogP contribution is 2.32. The van der Waals surface area contributed by atoms with E-state index in [0.29, 0.717) is 5.69 Å². The standard InChI is InChI=1S/C22H23F3N4O2/c1-14(2)18(13-30)28-21-27-17(15-8-4-3-5-9-15)12-20(29-21)26-16-10-6-7-11-19(16)31-22(23,24)25/h3-12,14,18,30H,13H2,1-2H3,(H2,26,27,28,29)/t18-/m0/s1. The van der Waals surface area contributed by atoms with E-state index < -0.39 is 6.36 Å². The number of alkyl halides is 3. The Kier molecular flexibility index (Phi) is 6.96. The Morgan fingerprint density at radius 3 is 2.32 bits per heavy atom. The van der Waals surface area contributed by atoms with Crippen molar-refractivity contribution in [2.75, 3.05) is 17.2 Å². The van der Waals surface area contributed by atoms with Gasteiger partial charge in [0.2, 0.25) is 5.95 Å². The number of aromatic nitrogens is 2. The third kappa shape index (κ3) is 6.32. The molecule has 31 heavy (non-hydrogen) atoms. The molecule has 2 aromatic carbocycles. The number of hydrogen-bond donors (Lipinski definition) is 3. The summed E-state index contributed by atoms with van der Waals surface area (Å²) in [7, 11) is 0. The SMILES string of the molecule is CC(C)[C@H](CO)Nc1nc(Nc2ccccc2OC(F)(F)F)cc(-c2ccccc2)n1. The van der Waals surface area contributed by atoms with Gasteiger partial charge in [-0.25, -0.2) is 4.98 Å². The molecule has 9 heteroatoms. The molecule has 0 aliphatic carbocycles. The fourth-order valence-corrected chi connectivity index (χ4v) is 2.84. The molecule has 6 nitrogen and oxygen atoms in total. The molecule has 0 aliphatic rings. The van der Waals surface area contributed by atoms with E-state index in [2.05, 4.69) is 25.3 Å². The van der Waals surface area contributed by atoms with Gasteiger partial charge < -0.3 is 20.5 Å². The van der Waals surface area contributed by atoms with E-state index in [-0.39, 0.29) is 41.8 Å². The summed E-state index contributed by atoms with van der Waals surface area (Å²) in [5.74, 6) is 0.243. The first kappa shape index (κ1) is 22.4. The van der Waals surface area contributed by atoms with Crippen molar-refractivity contribution in [3.8, 4) is 17.0 Å². The summed E-state index contributed by atoms with van der Waals surface area (Å²) in [6, 6.07) is 16.4. The van der Waals surface area contributed by atoms with Crippen LogP contribution in [0, 0.1) is 5.92 Å². The molecule has 3 N–H and O–H groups in total. The van der Waals surface area contributed by atoms with Gasteiger partial charge in [-0.2, -0.15) is 4.98 Å². The van der Waals surface area contributed by atoms with Gasteiger partial charge in [0.1, 0.15) is 5.82 Å². The number of rotatable bonds is 8. The van der Waals surface area contributed by atoms with Crippen LogP contribution >= 0.6 is 0 Å². The molecule has 1 aromatic heterocycles. The van der Waals surface area contributed by atoms with Crippen molar-refractivity contribution in [1.29, 1.82) is 0 Å². The van der Waals surface area contributed by atoms with E-state index in [1.54, 1.807) is 12.1 Å². The quantitative estimate of drug-likeness (QED) is 0.453. The third-order valence-corrected chi connectivity index (χ3v) is 4.49. The second-order valence-corrected chi connectivity index (χ2v) is 7.17. The second-order valence-electron chi connectivity index (χ2n) is 7.17. The Morgan fingerprint density at radius 2 is 1.68 bits per heavy atom. The van der Waals surface area contributed by atoms with Crippen LogP contribution in [0.4, 0.5) is 30.6 Å². The predicted molar refractivity (Wildman–Crippen MR) is 113 cm³/mol. The molecular weight excluding hydrogens is 409 g/mol. The molecule has 1 heterocycles. The first-order valence-electron chi connectivity index (χ1n) is 9.69. The molecule has 0 amide bonds. The zero-order valence-electron chi connectivity index (χ0n) is 17.0. The van der Waals surface area contributed by atoms with Crippen LogP contribution in [0.3, 0.4) is 0 Å². The van der Waals surface area contributed by atoms with E-state index in [9.17, 15) is 18.3 Å². The monoisotopic (exact) mass is 432 g/mol. The Bertz CT molecular complexity index is 998. The summed E-state index contributed by atoms with van der Waals surface area (Å²) in [5, 5.41) is 15.6. The Hall–Kier alpha value is -3.33. The van der Waals surface area contributed by atoms with Crippen molar-refractivity contribution in [1.82, 2.24) is 9.97 Å². The summed E-state index contributed by atoms with van der Waals surface area (Å²) in [4.78, 5) is 8.89. The molecule has 0 radical (unpaired) electrons. The van der Waals surface area contributed by atoms with Crippen molar-refractivity contribution < 1.29 is 23.0 Å². The van der Waals surface area contributed by atoms with Crippen LogP contribution in [0.2, 0.25) is 0 Å². The Morgan fingerprint density at radius 1 is 1.00 bits per heavy atom. The van der Waals surface area contributed by atoms with Crippen LogP contribution in [0.1, 0.15) is 13.8 Å². The maximum Gasteiger partial charge on any atom is 0.573 e. The summed E-state index contributed by atoms with van der Waals surface area (Å²) in [6.07, 6.45) is -4.82. The molecule has 0 saturated carbocycles. The molecule has 0 aliphatic heterocycles. The number of halogens is 3.